The van der Waals surface area contributed by atoms with Crippen LogP contribution in [-0.4, -0.2) is 4.98 Å². The smallest absolute Gasteiger partial charge is 0.124 e. The number of nitrogens with two attached hydrogens (primary N) is 1. The highest BCUT2D eigenvalue weighted by Gasteiger charge is 2.14. The molecule has 0 saturated heterocycles. The minimum atomic E-state index is -0.215. The first-order valence-electron chi connectivity index (χ1n) is 6.31. The molecule has 20 heavy (non-hydrogen) atoms. The van der Waals surface area contributed by atoms with E-state index in [0.717, 1.165) is 20.7 Å². The van der Waals surface area contributed by atoms with Gasteiger partial charge in [0.05, 0.1) is 6.04 Å². The van der Waals surface area contributed by atoms with Gasteiger partial charge in [0, 0.05) is 27.9 Å². The number of hydrogen-bond donors (Lipinski definition) is 2. The van der Waals surface area contributed by atoms with E-state index in [-0.39, 0.29) is 11.9 Å². The fraction of sp³-hybridized carbons (Fsp3) is 0.133. The Balaban J connectivity index is 1.91. The summed E-state index contributed by atoms with van der Waals surface area (Å²) < 4.78 is 14.2. The molecule has 2 aromatic heterocycles. The molecular formula is C15H14FN3S. The van der Waals surface area contributed by atoms with Crippen molar-refractivity contribution in [2.24, 2.45) is 5.84 Å². The Morgan fingerprint density at radius 1 is 1.25 bits per heavy atom. The number of nitrogens with zero attached hydrogens (tertiary/aromatic N) is 1. The number of nitrogens with one attached hydrogen (secondary N) is 1. The van der Waals surface area contributed by atoms with Gasteiger partial charge in [0.25, 0.3) is 0 Å². The zero-order chi connectivity index (χ0) is 13.9. The van der Waals surface area contributed by atoms with Crippen LogP contribution in [0.5, 0.6) is 0 Å². The number of benzene rings is 1. The summed E-state index contributed by atoms with van der Waals surface area (Å²) in [5.74, 6) is 5.44. The molecule has 1 aromatic carbocycles. The minimum absolute atomic E-state index is 0.0228. The molecule has 5 heteroatoms. The molecule has 0 saturated carbocycles. The Hall–Kier alpha value is -1.82. The van der Waals surface area contributed by atoms with Gasteiger partial charge in [-0.25, -0.2) is 4.39 Å². The molecule has 0 aliphatic carbocycles. The van der Waals surface area contributed by atoms with E-state index in [2.05, 4.69) is 10.4 Å². The Morgan fingerprint density at radius 3 is 2.90 bits per heavy atom. The highest BCUT2D eigenvalue weighted by Crippen LogP contribution is 2.31. The molecule has 0 fully saturated rings. The topological polar surface area (TPSA) is 50.9 Å². The number of aromatic nitrogens is 1. The standard InChI is InChI=1S/C15H14FN3S/c16-11-5-4-10-7-15(20-14(10)8-11)13(19-17)9-12-3-1-2-6-18-12/h1-8,13,19H,9,17H2. The molecule has 0 aliphatic rings. The normalized spacial score (nSPS) is 12.7. The van der Waals surface area contributed by atoms with Crippen LogP contribution < -0.4 is 11.3 Å². The van der Waals surface area contributed by atoms with Gasteiger partial charge in [0.2, 0.25) is 0 Å². The third-order valence-electron chi connectivity index (χ3n) is 3.19. The summed E-state index contributed by atoms with van der Waals surface area (Å²) in [4.78, 5) is 5.39. The van der Waals surface area contributed by atoms with Gasteiger partial charge in [-0.3, -0.25) is 16.3 Å². The van der Waals surface area contributed by atoms with Gasteiger partial charge in [-0.05, 0) is 35.7 Å². The molecule has 0 amide bonds. The Kier molecular flexibility index (Phi) is 3.73. The Bertz CT molecular complexity index is 711. The van der Waals surface area contributed by atoms with Crippen molar-refractivity contribution in [1.29, 1.82) is 0 Å². The lowest BCUT2D eigenvalue weighted by Crippen LogP contribution is -2.29. The van der Waals surface area contributed by atoms with Crippen LogP contribution in [0, 0.1) is 5.82 Å². The number of hydrogen-bond acceptors (Lipinski definition) is 4. The van der Waals surface area contributed by atoms with Gasteiger partial charge in [0.1, 0.15) is 5.82 Å². The molecule has 3 N–H and O–H groups in total. The molecule has 0 spiro atoms. The average molecular weight is 287 g/mol. The number of fused-ring (bicyclic) bond motifs is 1. The van der Waals surface area contributed by atoms with Crippen molar-refractivity contribution in [3.05, 3.63) is 65.0 Å². The molecule has 0 radical (unpaired) electrons. The molecule has 0 aliphatic heterocycles. The van der Waals surface area contributed by atoms with Crippen LogP contribution in [0.3, 0.4) is 0 Å². The van der Waals surface area contributed by atoms with Crippen LogP contribution in [0.2, 0.25) is 0 Å². The van der Waals surface area contributed by atoms with Gasteiger partial charge in [-0.15, -0.1) is 11.3 Å². The summed E-state index contributed by atoms with van der Waals surface area (Å²) in [6.45, 7) is 0. The highest BCUT2D eigenvalue weighted by atomic mass is 32.1. The molecule has 1 unspecified atom stereocenters. The highest BCUT2D eigenvalue weighted by molar-refractivity contribution is 7.19. The zero-order valence-corrected chi connectivity index (χ0v) is 11.5. The van der Waals surface area contributed by atoms with Gasteiger partial charge < -0.3 is 0 Å². The minimum Gasteiger partial charge on any atom is -0.271 e. The lowest BCUT2D eigenvalue weighted by Gasteiger charge is -2.13. The first-order valence-corrected chi connectivity index (χ1v) is 7.13. The van der Waals surface area contributed by atoms with Gasteiger partial charge in [-0.2, -0.15) is 0 Å². The number of pyridine rings is 1. The quantitative estimate of drug-likeness (QED) is 0.572. The van der Waals surface area contributed by atoms with Crippen molar-refractivity contribution in [2.75, 3.05) is 0 Å². The van der Waals surface area contributed by atoms with Crippen LogP contribution in [0.4, 0.5) is 4.39 Å². The largest absolute Gasteiger partial charge is 0.271 e. The second kappa shape index (κ2) is 5.66. The molecule has 0 bridgehead atoms. The molecule has 1 atom stereocenters. The molecule has 102 valence electrons. The van der Waals surface area contributed by atoms with Crippen molar-refractivity contribution in [3.63, 3.8) is 0 Å². The van der Waals surface area contributed by atoms with Crippen LogP contribution in [0.15, 0.2) is 48.7 Å². The van der Waals surface area contributed by atoms with Crippen molar-refractivity contribution in [1.82, 2.24) is 10.4 Å². The van der Waals surface area contributed by atoms with Crippen molar-refractivity contribution >= 4 is 21.4 Å². The van der Waals surface area contributed by atoms with Crippen molar-refractivity contribution in [2.45, 2.75) is 12.5 Å². The van der Waals surface area contributed by atoms with Gasteiger partial charge in [0.15, 0.2) is 0 Å². The lowest BCUT2D eigenvalue weighted by atomic mass is 10.1. The lowest BCUT2D eigenvalue weighted by molar-refractivity contribution is 0.554. The molecular weight excluding hydrogens is 273 g/mol. The number of rotatable bonds is 4. The van der Waals surface area contributed by atoms with Crippen LogP contribution in [0.25, 0.3) is 10.1 Å². The summed E-state index contributed by atoms with van der Waals surface area (Å²) in [7, 11) is 0. The van der Waals surface area contributed by atoms with E-state index in [4.69, 9.17) is 5.84 Å². The Labute approximate surface area is 120 Å². The summed E-state index contributed by atoms with van der Waals surface area (Å²) >= 11 is 1.55. The second-order valence-corrected chi connectivity index (χ2v) is 5.69. The first-order chi connectivity index (χ1) is 9.76. The fourth-order valence-corrected chi connectivity index (χ4v) is 3.32. The summed E-state index contributed by atoms with van der Waals surface area (Å²) in [5, 5.41) is 1.03. The predicted octanol–water partition coefficient (Wildman–Crippen LogP) is 3.18. The van der Waals surface area contributed by atoms with E-state index >= 15 is 0 Å². The Morgan fingerprint density at radius 2 is 2.15 bits per heavy atom. The third-order valence-corrected chi connectivity index (χ3v) is 4.40. The molecule has 2 heterocycles. The van der Waals surface area contributed by atoms with Gasteiger partial charge >= 0.3 is 0 Å². The number of halogens is 1. The average Bonchev–Trinajstić information content (AvgIpc) is 2.88. The second-order valence-electron chi connectivity index (χ2n) is 4.58. The SMILES string of the molecule is NNC(Cc1ccccn1)c1cc2ccc(F)cc2s1. The molecule has 3 aromatic rings. The summed E-state index contributed by atoms with van der Waals surface area (Å²) in [6, 6.07) is 12.7. The maximum Gasteiger partial charge on any atom is 0.124 e. The maximum atomic E-state index is 13.2. The van der Waals surface area contributed by atoms with E-state index in [1.807, 2.05) is 24.3 Å². The molecule has 3 nitrogen and oxygen atoms in total. The summed E-state index contributed by atoms with van der Waals surface area (Å²) in [5.41, 5.74) is 3.79. The predicted molar refractivity (Wildman–Crippen MR) is 79.8 cm³/mol. The van der Waals surface area contributed by atoms with E-state index in [1.54, 1.807) is 29.7 Å². The van der Waals surface area contributed by atoms with E-state index in [9.17, 15) is 4.39 Å². The number of hydrazine groups is 1. The van der Waals surface area contributed by atoms with E-state index in [1.165, 1.54) is 6.07 Å². The first kappa shape index (κ1) is 13.2. The fourth-order valence-electron chi connectivity index (χ4n) is 2.17. The summed E-state index contributed by atoms with van der Waals surface area (Å²) in [6.07, 6.45) is 2.47. The van der Waals surface area contributed by atoms with Crippen LogP contribution in [0.1, 0.15) is 16.6 Å². The monoisotopic (exact) mass is 287 g/mol. The maximum absolute atomic E-state index is 13.2. The van der Waals surface area contributed by atoms with E-state index in [0.29, 0.717) is 6.42 Å². The zero-order valence-electron chi connectivity index (χ0n) is 10.7. The molecule has 3 rings (SSSR count). The van der Waals surface area contributed by atoms with Crippen molar-refractivity contribution in [3.8, 4) is 0 Å². The third kappa shape index (κ3) is 2.70. The number of thiophene rings is 1. The van der Waals surface area contributed by atoms with Crippen LogP contribution in [-0.2, 0) is 6.42 Å². The van der Waals surface area contributed by atoms with Gasteiger partial charge in [-0.1, -0.05) is 12.1 Å². The van der Waals surface area contributed by atoms with Crippen molar-refractivity contribution < 1.29 is 4.39 Å². The van der Waals surface area contributed by atoms with Crippen LogP contribution >= 0.6 is 11.3 Å². The van der Waals surface area contributed by atoms with E-state index < -0.39 is 0 Å².